The molecule has 0 aliphatic carbocycles. The molecule has 0 fully saturated rings. The van der Waals surface area contributed by atoms with E-state index in [-0.39, 0.29) is 5.91 Å². The quantitative estimate of drug-likeness (QED) is 0.762. The zero-order valence-corrected chi connectivity index (χ0v) is 15.1. The topological polar surface area (TPSA) is 72.5 Å². The van der Waals surface area contributed by atoms with Crippen LogP contribution in [0, 0.1) is 5.92 Å². The van der Waals surface area contributed by atoms with Crippen LogP contribution in [0.25, 0.3) is 0 Å². The molecule has 1 aromatic carbocycles. The highest BCUT2D eigenvalue weighted by Crippen LogP contribution is 2.29. The molecule has 0 aliphatic rings. The summed E-state index contributed by atoms with van der Waals surface area (Å²) in [6, 6.07) is 8.77. The van der Waals surface area contributed by atoms with E-state index in [4.69, 9.17) is 9.47 Å². The molecule has 6 heteroatoms. The van der Waals surface area contributed by atoms with Crippen LogP contribution in [-0.4, -0.2) is 31.7 Å². The number of nitrogens with one attached hydrogen (secondary N) is 2. The number of carbonyl (C=O) groups excluding carboxylic acids is 1. The van der Waals surface area contributed by atoms with E-state index in [9.17, 15) is 4.79 Å². The molecule has 0 bridgehead atoms. The summed E-state index contributed by atoms with van der Waals surface area (Å²) in [5, 5.41) is 6.07. The van der Waals surface area contributed by atoms with E-state index >= 15 is 0 Å². The second-order valence-electron chi connectivity index (χ2n) is 6.06. The van der Waals surface area contributed by atoms with Crippen molar-refractivity contribution in [1.82, 2.24) is 4.98 Å². The van der Waals surface area contributed by atoms with Crippen molar-refractivity contribution in [3.63, 3.8) is 0 Å². The van der Waals surface area contributed by atoms with Gasteiger partial charge in [0.2, 0.25) is 0 Å². The minimum absolute atomic E-state index is 0.246. The molecule has 2 N–H and O–H groups in total. The van der Waals surface area contributed by atoms with Crippen LogP contribution in [0.5, 0.6) is 11.5 Å². The number of anilines is 2. The average molecular weight is 343 g/mol. The maximum absolute atomic E-state index is 12.4. The molecule has 2 aromatic rings. The van der Waals surface area contributed by atoms with Crippen molar-refractivity contribution < 1.29 is 14.3 Å². The Bertz CT molecular complexity index is 700. The summed E-state index contributed by atoms with van der Waals surface area (Å²) >= 11 is 0. The number of methoxy groups -OCH3 is 2. The van der Waals surface area contributed by atoms with Gasteiger partial charge < -0.3 is 20.1 Å². The fourth-order valence-electron chi connectivity index (χ4n) is 2.22. The molecule has 0 unspecified atom stereocenters. The van der Waals surface area contributed by atoms with Crippen molar-refractivity contribution in [3.05, 3.63) is 42.1 Å². The highest BCUT2D eigenvalue weighted by atomic mass is 16.5. The number of hydrogen-bond donors (Lipinski definition) is 2. The van der Waals surface area contributed by atoms with Crippen molar-refractivity contribution in [2.24, 2.45) is 5.92 Å². The average Bonchev–Trinajstić information content (AvgIpc) is 2.62. The van der Waals surface area contributed by atoms with Crippen LogP contribution in [0.1, 0.15) is 30.6 Å². The second kappa shape index (κ2) is 8.92. The third kappa shape index (κ3) is 5.38. The summed E-state index contributed by atoms with van der Waals surface area (Å²) < 4.78 is 10.4. The number of aromatic nitrogens is 1. The monoisotopic (exact) mass is 343 g/mol. The molecule has 0 aliphatic heterocycles. The van der Waals surface area contributed by atoms with Gasteiger partial charge in [-0.05, 0) is 36.6 Å². The Labute approximate surface area is 148 Å². The highest BCUT2D eigenvalue weighted by Gasteiger charge is 2.11. The normalized spacial score (nSPS) is 10.4. The summed E-state index contributed by atoms with van der Waals surface area (Å²) in [6.07, 6.45) is 2.63. The molecule has 0 saturated heterocycles. The lowest BCUT2D eigenvalue weighted by Gasteiger charge is -2.12. The van der Waals surface area contributed by atoms with Crippen LogP contribution in [0.15, 0.2) is 36.5 Å². The number of nitrogens with zero attached hydrogens (tertiary/aromatic N) is 1. The number of pyridine rings is 1. The van der Waals surface area contributed by atoms with Crippen LogP contribution in [0.2, 0.25) is 0 Å². The molecule has 1 heterocycles. The number of rotatable bonds is 8. The molecule has 0 saturated carbocycles. The van der Waals surface area contributed by atoms with Crippen molar-refractivity contribution in [2.45, 2.75) is 20.3 Å². The molecular weight excluding hydrogens is 318 g/mol. The van der Waals surface area contributed by atoms with Gasteiger partial charge in [-0.1, -0.05) is 13.8 Å². The van der Waals surface area contributed by atoms with Gasteiger partial charge >= 0.3 is 0 Å². The maximum atomic E-state index is 12.4. The van der Waals surface area contributed by atoms with Crippen molar-refractivity contribution in [1.29, 1.82) is 0 Å². The molecule has 6 nitrogen and oxygen atoms in total. The van der Waals surface area contributed by atoms with Crippen molar-refractivity contribution >= 4 is 17.4 Å². The molecule has 25 heavy (non-hydrogen) atoms. The number of benzene rings is 1. The lowest BCUT2D eigenvalue weighted by atomic mass is 10.1. The summed E-state index contributed by atoms with van der Waals surface area (Å²) in [6.45, 7) is 5.21. The molecule has 1 aromatic heterocycles. The SMILES string of the molecule is COc1ccc(NC(=O)c2ccc(NCCC(C)C)nc2)c(OC)c1. The standard InChI is InChI=1S/C19H25N3O3/c1-13(2)9-10-20-18-8-5-14(12-21-18)19(23)22-16-7-6-15(24-3)11-17(16)25-4/h5-8,11-13H,9-10H2,1-4H3,(H,20,21)(H,22,23). The van der Waals surface area contributed by atoms with E-state index in [0.29, 0.717) is 28.7 Å². The summed E-state index contributed by atoms with van der Waals surface area (Å²) in [7, 11) is 3.12. The van der Waals surface area contributed by atoms with Gasteiger partial charge in [0, 0.05) is 18.8 Å². The van der Waals surface area contributed by atoms with Gasteiger partial charge in [-0.25, -0.2) is 4.98 Å². The predicted molar refractivity (Wildman–Crippen MR) is 99.7 cm³/mol. The first kappa shape index (κ1) is 18.6. The molecule has 1 amide bonds. The van der Waals surface area contributed by atoms with Gasteiger partial charge in [-0.2, -0.15) is 0 Å². The number of carbonyl (C=O) groups is 1. The van der Waals surface area contributed by atoms with Crippen LogP contribution in [0.3, 0.4) is 0 Å². The van der Waals surface area contributed by atoms with Crippen LogP contribution in [0.4, 0.5) is 11.5 Å². The van der Waals surface area contributed by atoms with Gasteiger partial charge in [-0.15, -0.1) is 0 Å². The maximum Gasteiger partial charge on any atom is 0.257 e. The van der Waals surface area contributed by atoms with Crippen LogP contribution < -0.4 is 20.1 Å². The Hall–Kier alpha value is -2.76. The van der Waals surface area contributed by atoms with E-state index < -0.39 is 0 Å². The smallest absolute Gasteiger partial charge is 0.257 e. The Morgan fingerprint density at radius 2 is 1.96 bits per heavy atom. The van der Waals surface area contributed by atoms with Crippen molar-refractivity contribution in [2.75, 3.05) is 31.4 Å². The lowest BCUT2D eigenvalue weighted by Crippen LogP contribution is -2.13. The first-order chi connectivity index (χ1) is 12.0. The molecule has 0 spiro atoms. The fraction of sp³-hybridized carbons (Fsp3) is 0.368. The fourth-order valence-corrected chi connectivity index (χ4v) is 2.22. The number of amides is 1. The van der Waals surface area contributed by atoms with E-state index in [1.165, 1.54) is 0 Å². The third-order valence-corrected chi connectivity index (χ3v) is 3.71. The molecular formula is C19H25N3O3. The van der Waals surface area contributed by atoms with E-state index in [2.05, 4.69) is 29.5 Å². The Balaban J connectivity index is 2.01. The first-order valence-corrected chi connectivity index (χ1v) is 8.26. The Morgan fingerprint density at radius 3 is 2.56 bits per heavy atom. The summed E-state index contributed by atoms with van der Waals surface area (Å²) in [5.74, 6) is 2.35. The third-order valence-electron chi connectivity index (χ3n) is 3.71. The van der Waals surface area contributed by atoms with Gasteiger partial charge in [0.1, 0.15) is 17.3 Å². The Kier molecular flexibility index (Phi) is 6.62. The molecule has 0 atom stereocenters. The molecule has 2 rings (SSSR count). The van der Waals surface area contributed by atoms with Gasteiger partial charge in [0.15, 0.2) is 0 Å². The van der Waals surface area contributed by atoms with Gasteiger partial charge in [0.05, 0.1) is 25.5 Å². The minimum atomic E-state index is -0.246. The zero-order valence-electron chi connectivity index (χ0n) is 15.1. The summed E-state index contributed by atoms with van der Waals surface area (Å²) in [4.78, 5) is 16.7. The molecule has 0 radical (unpaired) electrons. The Morgan fingerprint density at radius 1 is 1.16 bits per heavy atom. The van der Waals surface area contributed by atoms with Gasteiger partial charge in [0.25, 0.3) is 5.91 Å². The van der Waals surface area contributed by atoms with Crippen LogP contribution in [-0.2, 0) is 0 Å². The van der Waals surface area contributed by atoms with E-state index in [1.807, 2.05) is 0 Å². The largest absolute Gasteiger partial charge is 0.497 e. The number of hydrogen-bond acceptors (Lipinski definition) is 5. The minimum Gasteiger partial charge on any atom is -0.497 e. The van der Waals surface area contributed by atoms with Gasteiger partial charge in [-0.3, -0.25) is 4.79 Å². The van der Waals surface area contributed by atoms with Crippen molar-refractivity contribution in [3.8, 4) is 11.5 Å². The predicted octanol–water partition coefficient (Wildman–Crippen LogP) is 3.81. The second-order valence-corrected chi connectivity index (χ2v) is 6.06. The number of ether oxygens (including phenoxy) is 2. The van der Waals surface area contributed by atoms with E-state index in [1.54, 1.807) is 50.7 Å². The first-order valence-electron chi connectivity index (χ1n) is 8.26. The summed E-state index contributed by atoms with van der Waals surface area (Å²) in [5.41, 5.74) is 1.06. The lowest BCUT2D eigenvalue weighted by molar-refractivity contribution is 0.102. The van der Waals surface area contributed by atoms with E-state index in [0.717, 1.165) is 18.8 Å². The zero-order chi connectivity index (χ0) is 18.2. The highest BCUT2D eigenvalue weighted by molar-refractivity contribution is 6.05. The van der Waals surface area contributed by atoms with Crippen LogP contribution >= 0.6 is 0 Å². The molecule has 134 valence electrons.